The highest BCUT2D eigenvalue weighted by Crippen LogP contribution is 2.30. The molecular weight excluding hydrogens is 314 g/mol. The highest BCUT2D eigenvalue weighted by molar-refractivity contribution is 6.13. The van der Waals surface area contributed by atoms with Crippen LogP contribution in [0.5, 0.6) is 0 Å². The molecule has 6 nitrogen and oxygen atoms in total. The molecule has 1 aliphatic rings. The van der Waals surface area contributed by atoms with Crippen molar-refractivity contribution in [2.75, 3.05) is 5.32 Å². The van der Waals surface area contributed by atoms with Crippen molar-refractivity contribution in [2.24, 2.45) is 0 Å². The number of aromatic nitrogens is 4. The Morgan fingerprint density at radius 1 is 1.16 bits per heavy atom. The van der Waals surface area contributed by atoms with Gasteiger partial charge in [0.1, 0.15) is 0 Å². The molecule has 4 aromatic rings. The third-order valence-corrected chi connectivity index (χ3v) is 4.65. The van der Waals surface area contributed by atoms with Crippen LogP contribution in [0, 0.1) is 0 Å². The van der Waals surface area contributed by atoms with Crippen LogP contribution in [0.2, 0.25) is 0 Å². The third kappa shape index (κ3) is 2.26. The molecule has 6 heteroatoms. The minimum atomic E-state index is -0.113. The fourth-order valence-electron chi connectivity index (χ4n) is 3.54. The predicted molar refractivity (Wildman–Crippen MR) is 94.7 cm³/mol. The average molecular weight is 329 g/mol. The number of aryl methyl sites for hydroxylation is 1. The highest BCUT2D eigenvalue weighted by atomic mass is 16.1. The molecule has 5 rings (SSSR count). The summed E-state index contributed by atoms with van der Waals surface area (Å²) >= 11 is 0. The normalized spacial score (nSPS) is 13.3. The SMILES string of the molecule is O=C(Nc1cnc2nccn2c1)c1c2c(nc3ccccc13)CCC2. The number of para-hydroxylation sites is 1. The van der Waals surface area contributed by atoms with Gasteiger partial charge in [0.05, 0.1) is 23.0 Å². The number of hydrogen-bond acceptors (Lipinski definition) is 4. The first-order chi connectivity index (χ1) is 12.3. The number of nitrogens with zero attached hydrogens (tertiary/aromatic N) is 4. The molecule has 1 aromatic carbocycles. The largest absolute Gasteiger partial charge is 0.319 e. The van der Waals surface area contributed by atoms with Crippen molar-refractivity contribution in [2.45, 2.75) is 19.3 Å². The van der Waals surface area contributed by atoms with Gasteiger partial charge in [0.25, 0.3) is 5.91 Å². The minimum absolute atomic E-state index is 0.113. The molecule has 0 spiro atoms. The van der Waals surface area contributed by atoms with E-state index in [0.717, 1.165) is 47.0 Å². The standard InChI is InChI=1S/C19H15N5O/c25-18(22-12-10-21-19-20-8-9-24(19)11-12)17-13-4-1-2-6-15(13)23-16-7-3-5-14(16)17/h1-2,4,6,8-11H,3,5,7H2,(H,22,25). The van der Waals surface area contributed by atoms with Gasteiger partial charge in [-0.05, 0) is 30.9 Å². The van der Waals surface area contributed by atoms with Gasteiger partial charge in [-0.2, -0.15) is 0 Å². The summed E-state index contributed by atoms with van der Waals surface area (Å²) in [5, 5.41) is 3.88. The van der Waals surface area contributed by atoms with Crippen molar-refractivity contribution < 1.29 is 4.79 Å². The van der Waals surface area contributed by atoms with E-state index in [1.165, 1.54) is 0 Å². The zero-order valence-corrected chi connectivity index (χ0v) is 13.4. The van der Waals surface area contributed by atoms with Crippen LogP contribution in [0.15, 0.2) is 49.1 Å². The van der Waals surface area contributed by atoms with Crippen molar-refractivity contribution in [3.05, 3.63) is 65.9 Å². The van der Waals surface area contributed by atoms with E-state index in [9.17, 15) is 4.79 Å². The lowest BCUT2D eigenvalue weighted by atomic mass is 10.0. The molecule has 25 heavy (non-hydrogen) atoms. The first-order valence-electron chi connectivity index (χ1n) is 8.30. The highest BCUT2D eigenvalue weighted by Gasteiger charge is 2.23. The monoisotopic (exact) mass is 329 g/mol. The van der Waals surface area contributed by atoms with Crippen LogP contribution in [0.3, 0.4) is 0 Å². The van der Waals surface area contributed by atoms with Crippen LogP contribution in [-0.4, -0.2) is 25.3 Å². The van der Waals surface area contributed by atoms with Gasteiger partial charge in [0.2, 0.25) is 5.78 Å². The second-order valence-corrected chi connectivity index (χ2v) is 6.21. The van der Waals surface area contributed by atoms with E-state index >= 15 is 0 Å². The summed E-state index contributed by atoms with van der Waals surface area (Å²) in [5.74, 6) is 0.492. The lowest BCUT2D eigenvalue weighted by molar-refractivity contribution is 0.102. The van der Waals surface area contributed by atoms with Gasteiger partial charge < -0.3 is 5.32 Å². The van der Waals surface area contributed by atoms with Gasteiger partial charge in [-0.25, -0.2) is 9.97 Å². The van der Waals surface area contributed by atoms with Crippen LogP contribution in [0.4, 0.5) is 5.69 Å². The molecule has 0 atom stereocenters. The quantitative estimate of drug-likeness (QED) is 0.613. The first-order valence-corrected chi connectivity index (χ1v) is 8.30. The fourth-order valence-corrected chi connectivity index (χ4v) is 3.54. The molecule has 1 N–H and O–H groups in total. The number of pyridine rings is 1. The number of carbonyl (C=O) groups excluding carboxylic acids is 1. The Labute approximate surface area is 143 Å². The molecule has 3 aromatic heterocycles. The van der Waals surface area contributed by atoms with Crippen LogP contribution in [-0.2, 0) is 12.8 Å². The molecule has 0 bridgehead atoms. The summed E-state index contributed by atoms with van der Waals surface area (Å²) in [4.78, 5) is 26.2. The molecule has 0 radical (unpaired) electrons. The summed E-state index contributed by atoms with van der Waals surface area (Å²) in [6.07, 6.45) is 9.80. The number of nitrogens with one attached hydrogen (secondary N) is 1. The van der Waals surface area contributed by atoms with E-state index in [4.69, 9.17) is 4.98 Å². The Balaban J connectivity index is 1.61. The van der Waals surface area contributed by atoms with Crippen molar-refractivity contribution in [3.8, 4) is 0 Å². The van der Waals surface area contributed by atoms with Crippen molar-refractivity contribution >= 4 is 28.3 Å². The fraction of sp³-hybridized carbons (Fsp3) is 0.158. The molecule has 0 unspecified atom stereocenters. The zero-order valence-electron chi connectivity index (χ0n) is 13.4. The number of carbonyl (C=O) groups is 1. The van der Waals surface area contributed by atoms with E-state index in [0.29, 0.717) is 11.5 Å². The van der Waals surface area contributed by atoms with Gasteiger partial charge in [0, 0.05) is 29.7 Å². The summed E-state index contributed by atoms with van der Waals surface area (Å²) in [6.45, 7) is 0. The second-order valence-electron chi connectivity index (χ2n) is 6.21. The summed E-state index contributed by atoms with van der Waals surface area (Å²) in [6, 6.07) is 7.83. The molecular formula is C19H15N5O. The maximum atomic E-state index is 13.1. The molecule has 3 heterocycles. The van der Waals surface area contributed by atoms with Crippen LogP contribution in [0.1, 0.15) is 28.0 Å². The summed E-state index contributed by atoms with van der Waals surface area (Å²) in [7, 11) is 0. The second kappa shape index (κ2) is 5.37. The van der Waals surface area contributed by atoms with E-state index in [2.05, 4.69) is 15.3 Å². The lowest BCUT2D eigenvalue weighted by Crippen LogP contribution is -2.16. The van der Waals surface area contributed by atoms with Crippen molar-refractivity contribution in [1.82, 2.24) is 19.4 Å². The van der Waals surface area contributed by atoms with Gasteiger partial charge in [-0.3, -0.25) is 14.2 Å². The number of hydrogen-bond donors (Lipinski definition) is 1. The Kier molecular flexibility index (Phi) is 3.03. The van der Waals surface area contributed by atoms with E-state index < -0.39 is 0 Å². The van der Waals surface area contributed by atoms with Gasteiger partial charge in [0.15, 0.2) is 0 Å². The molecule has 0 aliphatic heterocycles. The molecule has 122 valence electrons. The number of imidazole rings is 1. The van der Waals surface area contributed by atoms with Crippen molar-refractivity contribution in [1.29, 1.82) is 0 Å². The molecule has 1 aliphatic carbocycles. The van der Waals surface area contributed by atoms with Gasteiger partial charge >= 0.3 is 0 Å². The van der Waals surface area contributed by atoms with Gasteiger partial charge in [-0.15, -0.1) is 0 Å². The topological polar surface area (TPSA) is 72.2 Å². The van der Waals surface area contributed by atoms with Crippen LogP contribution >= 0.6 is 0 Å². The number of amides is 1. The number of benzene rings is 1. The minimum Gasteiger partial charge on any atom is -0.319 e. The molecule has 0 saturated heterocycles. The number of anilines is 1. The zero-order chi connectivity index (χ0) is 16.8. The van der Waals surface area contributed by atoms with Crippen LogP contribution in [0.25, 0.3) is 16.7 Å². The maximum Gasteiger partial charge on any atom is 0.256 e. The molecule has 1 amide bonds. The number of rotatable bonds is 2. The van der Waals surface area contributed by atoms with Gasteiger partial charge in [-0.1, -0.05) is 18.2 Å². The van der Waals surface area contributed by atoms with E-state index in [1.54, 1.807) is 23.0 Å². The first kappa shape index (κ1) is 14.1. The molecule has 0 saturated carbocycles. The lowest BCUT2D eigenvalue weighted by Gasteiger charge is -2.12. The van der Waals surface area contributed by atoms with Crippen LogP contribution < -0.4 is 5.32 Å². The third-order valence-electron chi connectivity index (χ3n) is 4.65. The Hall–Kier alpha value is -3.28. The maximum absolute atomic E-state index is 13.1. The predicted octanol–water partition coefficient (Wildman–Crippen LogP) is 3.02. The molecule has 0 fully saturated rings. The van der Waals surface area contributed by atoms with E-state index in [-0.39, 0.29) is 5.91 Å². The Morgan fingerprint density at radius 2 is 2.08 bits per heavy atom. The summed E-state index contributed by atoms with van der Waals surface area (Å²) in [5.41, 5.74) is 4.38. The number of fused-ring (bicyclic) bond motifs is 3. The Bertz CT molecular complexity index is 1130. The van der Waals surface area contributed by atoms with Crippen molar-refractivity contribution in [3.63, 3.8) is 0 Å². The summed E-state index contributed by atoms with van der Waals surface area (Å²) < 4.78 is 1.78. The van der Waals surface area contributed by atoms with E-state index in [1.807, 2.05) is 30.5 Å². The Morgan fingerprint density at radius 3 is 3.04 bits per heavy atom. The smallest absolute Gasteiger partial charge is 0.256 e. The average Bonchev–Trinajstić information content (AvgIpc) is 3.27.